The highest BCUT2D eigenvalue weighted by molar-refractivity contribution is 7.93. The van der Waals surface area contributed by atoms with Gasteiger partial charge in [-0.25, -0.2) is 17.6 Å². The van der Waals surface area contributed by atoms with E-state index in [9.17, 15) is 17.6 Å². The third kappa shape index (κ3) is 3.23. The zero-order valence-electron chi connectivity index (χ0n) is 13.8. The lowest BCUT2D eigenvalue weighted by molar-refractivity contribution is 0.0602. The monoisotopic (exact) mass is 395 g/mol. The topological polar surface area (TPSA) is 81.7 Å². The van der Waals surface area contributed by atoms with Gasteiger partial charge in [0.15, 0.2) is 0 Å². The molecule has 1 aromatic heterocycles. The average molecular weight is 395 g/mol. The molecule has 0 radical (unpaired) electrons. The molecule has 26 heavy (non-hydrogen) atoms. The Morgan fingerprint density at radius 1 is 1.15 bits per heavy atom. The van der Waals surface area contributed by atoms with Gasteiger partial charge < -0.3 is 9.47 Å². The standard InChI is InChI=1S/C17H14FNO5S2/c1-23-11-6-3-5-10(9-11)19-26(21,22)16-14-12(18)7-4-8-13(14)25-15(16)17(20)24-2/h3-9,19H,1-2H3. The number of fused-ring (bicyclic) bond motifs is 1. The molecule has 6 nitrogen and oxygen atoms in total. The third-order valence-electron chi connectivity index (χ3n) is 3.58. The lowest BCUT2D eigenvalue weighted by Gasteiger charge is -2.10. The highest BCUT2D eigenvalue weighted by Crippen LogP contribution is 2.37. The van der Waals surface area contributed by atoms with Gasteiger partial charge in [0.2, 0.25) is 0 Å². The number of benzene rings is 2. The molecule has 3 aromatic rings. The maximum absolute atomic E-state index is 14.4. The fraction of sp³-hybridized carbons (Fsp3) is 0.118. The van der Waals surface area contributed by atoms with E-state index < -0.39 is 26.7 Å². The van der Waals surface area contributed by atoms with Crippen LogP contribution in [0.4, 0.5) is 10.1 Å². The lowest BCUT2D eigenvalue weighted by Crippen LogP contribution is -2.16. The van der Waals surface area contributed by atoms with E-state index in [0.29, 0.717) is 10.4 Å². The van der Waals surface area contributed by atoms with Crippen LogP contribution < -0.4 is 9.46 Å². The van der Waals surface area contributed by atoms with Crippen molar-refractivity contribution < 1.29 is 27.1 Å². The number of anilines is 1. The maximum atomic E-state index is 14.4. The predicted octanol–water partition coefficient (Wildman–Crippen LogP) is 3.64. The molecule has 0 unspecified atom stereocenters. The van der Waals surface area contributed by atoms with Crippen LogP contribution in [0, 0.1) is 5.82 Å². The summed E-state index contributed by atoms with van der Waals surface area (Å²) >= 11 is 0.857. The van der Waals surface area contributed by atoms with E-state index in [4.69, 9.17) is 4.74 Å². The van der Waals surface area contributed by atoms with Gasteiger partial charge in [-0.2, -0.15) is 0 Å². The number of thiophene rings is 1. The van der Waals surface area contributed by atoms with Crippen molar-refractivity contribution >= 4 is 43.1 Å². The third-order valence-corrected chi connectivity index (χ3v) is 6.30. The number of sulfonamides is 1. The van der Waals surface area contributed by atoms with Gasteiger partial charge in [-0.15, -0.1) is 11.3 Å². The molecule has 0 aliphatic carbocycles. The van der Waals surface area contributed by atoms with Crippen LogP contribution in [0.15, 0.2) is 47.4 Å². The fourth-order valence-electron chi connectivity index (χ4n) is 2.46. The first kappa shape index (κ1) is 18.2. The van der Waals surface area contributed by atoms with Gasteiger partial charge in [0, 0.05) is 16.2 Å². The van der Waals surface area contributed by atoms with Crippen molar-refractivity contribution in [3.63, 3.8) is 0 Å². The molecule has 0 bridgehead atoms. The van der Waals surface area contributed by atoms with Crippen LogP contribution in [0.1, 0.15) is 9.67 Å². The fourth-order valence-corrected chi connectivity index (χ4v) is 5.35. The number of carbonyl (C=O) groups excluding carboxylic acids is 1. The lowest BCUT2D eigenvalue weighted by atomic mass is 10.2. The Balaban J connectivity index is 2.20. The Hall–Kier alpha value is -2.65. The Morgan fingerprint density at radius 3 is 2.58 bits per heavy atom. The number of hydrogen-bond acceptors (Lipinski definition) is 6. The second-order valence-electron chi connectivity index (χ2n) is 5.20. The summed E-state index contributed by atoms with van der Waals surface area (Å²) in [5.41, 5.74) is 0.218. The smallest absolute Gasteiger partial charge is 0.349 e. The molecule has 0 atom stereocenters. The summed E-state index contributed by atoms with van der Waals surface area (Å²) < 4.78 is 52.7. The molecule has 1 heterocycles. The largest absolute Gasteiger partial charge is 0.497 e. The molecular weight excluding hydrogens is 381 g/mol. The van der Waals surface area contributed by atoms with Gasteiger partial charge >= 0.3 is 5.97 Å². The van der Waals surface area contributed by atoms with E-state index in [1.807, 2.05) is 0 Å². The van der Waals surface area contributed by atoms with E-state index in [0.717, 1.165) is 24.5 Å². The number of rotatable bonds is 5. The first-order valence-corrected chi connectivity index (χ1v) is 9.63. The van der Waals surface area contributed by atoms with Crippen LogP contribution in [-0.4, -0.2) is 28.6 Å². The summed E-state index contributed by atoms with van der Waals surface area (Å²) in [6.45, 7) is 0. The van der Waals surface area contributed by atoms with Crippen LogP contribution in [-0.2, 0) is 14.8 Å². The number of halogens is 1. The zero-order chi connectivity index (χ0) is 18.9. The van der Waals surface area contributed by atoms with E-state index in [-0.39, 0.29) is 16.0 Å². The molecular formula is C17H14FNO5S2. The van der Waals surface area contributed by atoms with Gasteiger partial charge in [-0.3, -0.25) is 4.72 Å². The van der Waals surface area contributed by atoms with E-state index in [1.54, 1.807) is 18.2 Å². The quantitative estimate of drug-likeness (QED) is 0.667. The number of nitrogens with one attached hydrogen (secondary N) is 1. The highest BCUT2D eigenvalue weighted by atomic mass is 32.2. The minimum absolute atomic E-state index is 0.145. The molecule has 3 rings (SSSR count). The SMILES string of the molecule is COC(=O)c1sc2cccc(F)c2c1S(=O)(=O)Nc1cccc(OC)c1. The molecule has 0 saturated heterocycles. The molecule has 0 fully saturated rings. The van der Waals surface area contributed by atoms with Crippen molar-refractivity contribution in [1.29, 1.82) is 0 Å². The molecule has 2 aromatic carbocycles. The molecule has 136 valence electrons. The number of esters is 1. The molecule has 0 spiro atoms. The minimum atomic E-state index is -4.27. The highest BCUT2D eigenvalue weighted by Gasteiger charge is 2.30. The first-order chi connectivity index (χ1) is 12.4. The van der Waals surface area contributed by atoms with Crippen LogP contribution >= 0.6 is 11.3 Å². The summed E-state index contributed by atoms with van der Waals surface area (Å²) in [7, 11) is -1.68. The summed E-state index contributed by atoms with van der Waals surface area (Å²) in [6, 6.07) is 10.4. The zero-order valence-corrected chi connectivity index (χ0v) is 15.4. The van der Waals surface area contributed by atoms with Crippen LogP contribution in [0.2, 0.25) is 0 Å². The number of hydrogen-bond donors (Lipinski definition) is 1. The normalized spacial score (nSPS) is 11.3. The van der Waals surface area contributed by atoms with Gasteiger partial charge in [0.25, 0.3) is 10.0 Å². The van der Waals surface area contributed by atoms with Crippen LogP contribution in [0.5, 0.6) is 5.75 Å². The van der Waals surface area contributed by atoms with E-state index in [1.165, 1.54) is 25.3 Å². The number of ether oxygens (including phenoxy) is 2. The van der Waals surface area contributed by atoms with Crippen molar-refractivity contribution in [2.24, 2.45) is 0 Å². The second-order valence-corrected chi connectivity index (χ2v) is 7.87. The summed E-state index contributed by atoms with van der Waals surface area (Å²) in [5, 5.41) is -0.145. The van der Waals surface area contributed by atoms with Crippen molar-refractivity contribution in [2.45, 2.75) is 4.90 Å². The number of methoxy groups -OCH3 is 2. The summed E-state index contributed by atoms with van der Waals surface area (Å²) in [6.07, 6.45) is 0. The molecule has 0 saturated carbocycles. The van der Waals surface area contributed by atoms with Gasteiger partial charge in [-0.1, -0.05) is 12.1 Å². The summed E-state index contributed by atoms with van der Waals surface area (Å²) in [4.78, 5) is 11.4. The molecule has 9 heteroatoms. The molecule has 0 amide bonds. The van der Waals surface area contributed by atoms with Crippen molar-refractivity contribution in [3.8, 4) is 5.75 Å². The van der Waals surface area contributed by atoms with E-state index >= 15 is 0 Å². The second kappa shape index (κ2) is 6.93. The Kier molecular flexibility index (Phi) is 4.84. The average Bonchev–Trinajstić information content (AvgIpc) is 3.03. The Labute approximate surface area is 153 Å². The predicted molar refractivity (Wildman–Crippen MR) is 96.9 cm³/mol. The Bertz CT molecular complexity index is 1090. The maximum Gasteiger partial charge on any atom is 0.349 e. The van der Waals surface area contributed by atoms with Gasteiger partial charge in [-0.05, 0) is 24.3 Å². The Morgan fingerprint density at radius 2 is 1.88 bits per heavy atom. The molecule has 0 aliphatic rings. The van der Waals surface area contributed by atoms with Crippen molar-refractivity contribution in [3.05, 3.63) is 53.2 Å². The molecule has 0 aliphatic heterocycles. The van der Waals surface area contributed by atoms with E-state index in [2.05, 4.69) is 9.46 Å². The summed E-state index contributed by atoms with van der Waals surface area (Å²) in [5.74, 6) is -1.14. The van der Waals surface area contributed by atoms with Crippen molar-refractivity contribution in [1.82, 2.24) is 0 Å². The van der Waals surface area contributed by atoms with Gasteiger partial charge in [0.05, 0.1) is 19.9 Å². The van der Waals surface area contributed by atoms with Crippen molar-refractivity contribution in [2.75, 3.05) is 18.9 Å². The molecule has 1 N–H and O–H groups in total. The van der Waals surface area contributed by atoms with Crippen LogP contribution in [0.25, 0.3) is 10.1 Å². The minimum Gasteiger partial charge on any atom is -0.497 e. The number of carbonyl (C=O) groups is 1. The first-order valence-electron chi connectivity index (χ1n) is 7.33. The van der Waals surface area contributed by atoms with Crippen LogP contribution in [0.3, 0.4) is 0 Å². The van der Waals surface area contributed by atoms with Gasteiger partial charge in [0.1, 0.15) is 21.3 Å².